The highest BCUT2D eigenvalue weighted by atomic mass is 32.2. The van der Waals surface area contributed by atoms with Crippen molar-refractivity contribution in [1.82, 2.24) is 0 Å². The fourth-order valence-corrected chi connectivity index (χ4v) is 4.81. The second-order valence-corrected chi connectivity index (χ2v) is 11.4. The fourth-order valence-electron chi connectivity index (χ4n) is 3.62. The number of anilines is 2. The molecule has 0 bridgehead atoms. The summed E-state index contributed by atoms with van der Waals surface area (Å²) in [5, 5.41) is 2.91. The Hall–Kier alpha value is -3.32. The third-order valence-corrected chi connectivity index (χ3v) is 7.85. The monoisotopic (exact) mass is 494 g/mol. The number of rotatable bonds is 10. The first kappa shape index (κ1) is 26.3. The van der Waals surface area contributed by atoms with Crippen molar-refractivity contribution in [1.29, 1.82) is 0 Å². The van der Waals surface area contributed by atoms with Gasteiger partial charge in [-0.15, -0.1) is 0 Å². The maximum absolute atomic E-state index is 12.9. The molecule has 0 radical (unpaired) electrons. The summed E-state index contributed by atoms with van der Waals surface area (Å²) in [6.45, 7) is 8.37. The Balaban J connectivity index is 1.56. The SMILES string of the molecule is Cc1ccc(C)c(OCCCC(C)(C)C(=O)Nc2ccc(S(=O)(=O)N(C)c3ccccc3)cc2)c1. The lowest BCUT2D eigenvalue weighted by Gasteiger charge is -2.24. The Bertz CT molecular complexity index is 1250. The van der Waals surface area contributed by atoms with E-state index >= 15 is 0 Å². The Labute approximate surface area is 209 Å². The van der Waals surface area contributed by atoms with Gasteiger partial charge in [0.1, 0.15) is 5.75 Å². The van der Waals surface area contributed by atoms with Gasteiger partial charge in [-0.1, -0.05) is 44.2 Å². The van der Waals surface area contributed by atoms with Crippen LogP contribution in [-0.4, -0.2) is 28.0 Å². The first-order chi connectivity index (χ1) is 16.5. The molecule has 0 heterocycles. The highest BCUT2D eigenvalue weighted by Gasteiger charge is 2.27. The van der Waals surface area contributed by atoms with Gasteiger partial charge < -0.3 is 10.1 Å². The van der Waals surface area contributed by atoms with Crippen molar-refractivity contribution in [3.63, 3.8) is 0 Å². The average Bonchev–Trinajstić information content (AvgIpc) is 2.84. The van der Waals surface area contributed by atoms with E-state index in [2.05, 4.69) is 11.4 Å². The smallest absolute Gasteiger partial charge is 0.264 e. The maximum Gasteiger partial charge on any atom is 0.264 e. The molecule has 0 aliphatic heterocycles. The molecular formula is C28H34N2O4S. The summed E-state index contributed by atoms with van der Waals surface area (Å²) in [7, 11) is -2.18. The minimum atomic E-state index is -3.70. The van der Waals surface area contributed by atoms with Gasteiger partial charge in [-0.2, -0.15) is 0 Å². The van der Waals surface area contributed by atoms with Crippen molar-refractivity contribution in [2.45, 2.75) is 45.4 Å². The van der Waals surface area contributed by atoms with E-state index < -0.39 is 15.4 Å². The zero-order valence-electron chi connectivity index (χ0n) is 21.0. The second-order valence-electron chi connectivity index (χ2n) is 9.39. The normalized spacial score (nSPS) is 11.7. The van der Waals surface area contributed by atoms with Crippen molar-refractivity contribution >= 4 is 27.3 Å². The lowest BCUT2D eigenvalue weighted by atomic mass is 9.87. The van der Waals surface area contributed by atoms with Gasteiger partial charge in [-0.3, -0.25) is 9.10 Å². The van der Waals surface area contributed by atoms with Crippen LogP contribution in [-0.2, 0) is 14.8 Å². The molecule has 0 fully saturated rings. The van der Waals surface area contributed by atoms with Crippen molar-refractivity contribution in [2.75, 3.05) is 23.3 Å². The molecule has 3 rings (SSSR count). The van der Waals surface area contributed by atoms with Gasteiger partial charge in [0.15, 0.2) is 0 Å². The van der Waals surface area contributed by atoms with Gasteiger partial charge in [-0.25, -0.2) is 8.42 Å². The van der Waals surface area contributed by atoms with Crippen LogP contribution >= 0.6 is 0 Å². The summed E-state index contributed by atoms with van der Waals surface area (Å²) in [4.78, 5) is 13.1. The van der Waals surface area contributed by atoms with Crippen molar-refractivity contribution in [3.8, 4) is 5.75 Å². The predicted molar refractivity (Wildman–Crippen MR) is 142 cm³/mol. The molecule has 6 nitrogen and oxygen atoms in total. The van der Waals surface area contributed by atoms with Crippen LogP contribution < -0.4 is 14.4 Å². The molecule has 1 amide bonds. The first-order valence-electron chi connectivity index (χ1n) is 11.7. The minimum Gasteiger partial charge on any atom is -0.493 e. The zero-order chi connectivity index (χ0) is 25.6. The highest BCUT2D eigenvalue weighted by Crippen LogP contribution is 2.27. The molecule has 0 atom stereocenters. The standard InChI is InChI=1S/C28H34N2O4S/c1-21-12-13-22(2)26(20-21)34-19-9-18-28(3,4)27(31)29-23-14-16-25(17-15-23)35(32,33)30(5)24-10-7-6-8-11-24/h6-8,10-17,20H,9,18-19H2,1-5H3,(H,29,31). The molecular weight excluding hydrogens is 460 g/mol. The molecule has 0 aliphatic rings. The molecule has 0 unspecified atom stereocenters. The van der Waals surface area contributed by atoms with Gasteiger partial charge in [-0.05, 0) is 80.3 Å². The van der Waals surface area contributed by atoms with E-state index in [1.165, 1.54) is 23.5 Å². The number of ether oxygens (including phenoxy) is 1. The van der Waals surface area contributed by atoms with E-state index in [4.69, 9.17) is 4.74 Å². The molecule has 0 saturated carbocycles. The molecule has 0 saturated heterocycles. The number of carbonyl (C=O) groups is 1. The lowest BCUT2D eigenvalue weighted by molar-refractivity contribution is -0.124. The number of hydrogen-bond donors (Lipinski definition) is 1. The van der Waals surface area contributed by atoms with Crippen LogP contribution in [0.25, 0.3) is 0 Å². The van der Waals surface area contributed by atoms with Crippen LogP contribution in [0.3, 0.4) is 0 Å². The Morgan fingerprint density at radius 3 is 2.29 bits per heavy atom. The van der Waals surface area contributed by atoms with Crippen LogP contribution in [0.15, 0.2) is 77.7 Å². The highest BCUT2D eigenvalue weighted by molar-refractivity contribution is 7.92. The van der Waals surface area contributed by atoms with Gasteiger partial charge in [0.05, 0.1) is 17.2 Å². The van der Waals surface area contributed by atoms with E-state index in [-0.39, 0.29) is 10.8 Å². The number of amides is 1. The molecule has 35 heavy (non-hydrogen) atoms. The van der Waals surface area contributed by atoms with Crippen molar-refractivity contribution in [3.05, 3.63) is 83.9 Å². The minimum absolute atomic E-state index is 0.124. The molecule has 0 aliphatic carbocycles. The average molecular weight is 495 g/mol. The van der Waals surface area contributed by atoms with E-state index in [1.807, 2.05) is 45.9 Å². The topological polar surface area (TPSA) is 75.7 Å². The van der Waals surface area contributed by atoms with Crippen LogP contribution in [0, 0.1) is 19.3 Å². The van der Waals surface area contributed by atoms with Gasteiger partial charge in [0, 0.05) is 18.2 Å². The van der Waals surface area contributed by atoms with Gasteiger partial charge >= 0.3 is 0 Å². The molecule has 0 spiro atoms. The van der Waals surface area contributed by atoms with Crippen LogP contribution in [0.5, 0.6) is 5.75 Å². The summed E-state index contributed by atoms with van der Waals surface area (Å²) < 4.78 is 33.0. The zero-order valence-corrected chi connectivity index (χ0v) is 21.9. The Morgan fingerprint density at radius 2 is 1.63 bits per heavy atom. The molecule has 7 heteroatoms. The van der Waals surface area contributed by atoms with Crippen LogP contribution in [0.4, 0.5) is 11.4 Å². The summed E-state index contributed by atoms with van der Waals surface area (Å²) in [6, 6.07) is 21.3. The Morgan fingerprint density at radius 1 is 0.971 bits per heavy atom. The number of benzene rings is 3. The van der Waals surface area contributed by atoms with Crippen LogP contribution in [0.2, 0.25) is 0 Å². The summed E-state index contributed by atoms with van der Waals surface area (Å²) in [6.07, 6.45) is 1.38. The van der Waals surface area contributed by atoms with Crippen molar-refractivity contribution in [2.24, 2.45) is 5.41 Å². The Kier molecular flexibility index (Phi) is 8.22. The third kappa shape index (κ3) is 6.63. The van der Waals surface area contributed by atoms with Crippen LogP contribution in [0.1, 0.15) is 37.8 Å². The molecule has 1 N–H and O–H groups in total. The molecule has 3 aromatic rings. The summed E-state index contributed by atoms with van der Waals surface area (Å²) in [5.74, 6) is 0.751. The van der Waals surface area contributed by atoms with Crippen molar-refractivity contribution < 1.29 is 17.9 Å². The first-order valence-corrected chi connectivity index (χ1v) is 13.1. The van der Waals surface area contributed by atoms with E-state index in [9.17, 15) is 13.2 Å². The number of para-hydroxylation sites is 1. The third-order valence-electron chi connectivity index (χ3n) is 6.05. The number of carbonyl (C=O) groups excluding carboxylic acids is 1. The van der Waals surface area contributed by atoms with Gasteiger partial charge in [0.25, 0.3) is 10.0 Å². The number of sulfonamides is 1. The number of nitrogens with zero attached hydrogens (tertiary/aromatic N) is 1. The number of hydrogen-bond acceptors (Lipinski definition) is 4. The maximum atomic E-state index is 12.9. The van der Waals surface area contributed by atoms with E-state index in [1.54, 1.807) is 36.4 Å². The van der Waals surface area contributed by atoms with Gasteiger partial charge in [0.2, 0.25) is 5.91 Å². The fraction of sp³-hybridized carbons (Fsp3) is 0.321. The molecule has 186 valence electrons. The molecule has 3 aromatic carbocycles. The summed E-state index contributed by atoms with van der Waals surface area (Å²) >= 11 is 0. The summed E-state index contributed by atoms with van der Waals surface area (Å²) in [5.41, 5.74) is 2.76. The lowest BCUT2D eigenvalue weighted by Crippen LogP contribution is -2.31. The predicted octanol–water partition coefficient (Wildman–Crippen LogP) is 5.95. The van der Waals surface area contributed by atoms with E-state index in [0.717, 1.165) is 23.3 Å². The quantitative estimate of drug-likeness (QED) is 0.353. The number of aryl methyl sites for hydroxylation is 2. The van der Waals surface area contributed by atoms with E-state index in [0.29, 0.717) is 24.4 Å². The largest absolute Gasteiger partial charge is 0.493 e. The molecule has 0 aromatic heterocycles. The number of nitrogens with one attached hydrogen (secondary N) is 1. The second kappa shape index (κ2) is 11.0.